The molecule has 1 heteroatoms. The SMILES string of the molecule is CCC1CCCC(NC2CCC(C)CC2C)C1. The molecule has 0 aliphatic heterocycles. The van der Waals surface area contributed by atoms with E-state index in [1.54, 1.807) is 0 Å². The summed E-state index contributed by atoms with van der Waals surface area (Å²) in [4.78, 5) is 0. The van der Waals surface area contributed by atoms with Gasteiger partial charge >= 0.3 is 0 Å². The molecule has 17 heavy (non-hydrogen) atoms. The fraction of sp³-hybridized carbons (Fsp3) is 1.00. The van der Waals surface area contributed by atoms with E-state index in [9.17, 15) is 0 Å². The normalized spacial score (nSPS) is 43.6. The summed E-state index contributed by atoms with van der Waals surface area (Å²) in [5.41, 5.74) is 0. The summed E-state index contributed by atoms with van der Waals surface area (Å²) in [6.45, 7) is 7.23. The van der Waals surface area contributed by atoms with Crippen LogP contribution < -0.4 is 5.32 Å². The Labute approximate surface area is 108 Å². The summed E-state index contributed by atoms with van der Waals surface area (Å²) in [6, 6.07) is 1.64. The van der Waals surface area contributed by atoms with Crippen molar-refractivity contribution < 1.29 is 0 Å². The van der Waals surface area contributed by atoms with Gasteiger partial charge in [0.15, 0.2) is 0 Å². The van der Waals surface area contributed by atoms with E-state index in [1.807, 2.05) is 0 Å². The molecule has 2 fully saturated rings. The van der Waals surface area contributed by atoms with Crippen LogP contribution in [0.1, 0.15) is 72.1 Å². The van der Waals surface area contributed by atoms with Crippen molar-refractivity contribution in [3.63, 3.8) is 0 Å². The zero-order valence-corrected chi connectivity index (χ0v) is 12.0. The van der Waals surface area contributed by atoms with Crippen LogP contribution in [0.5, 0.6) is 0 Å². The minimum Gasteiger partial charge on any atom is -0.311 e. The van der Waals surface area contributed by atoms with Crippen molar-refractivity contribution in [3.8, 4) is 0 Å². The Morgan fingerprint density at radius 1 is 1.00 bits per heavy atom. The van der Waals surface area contributed by atoms with Crippen LogP contribution >= 0.6 is 0 Å². The highest BCUT2D eigenvalue weighted by Gasteiger charge is 2.29. The molecule has 2 aliphatic rings. The monoisotopic (exact) mass is 237 g/mol. The van der Waals surface area contributed by atoms with Gasteiger partial charge in [-0.3, -0.25) is 0 Å². The van der Waals surface area contributed by atoms with Gasteiger partial charge in [0.25, 0.3) is 0 Å². The minimum atomic E-state index is 0.812. The van der Waals surface area contributed by atoms with Crippen molar-refractivity contribution in [2.75, 3.05) is 0 Å². The number of hydrogen-bond acceptors (Lipinski definition) is 1. The van der Waals surface area contributed by atoms with E-state index < -0.39 is 0 Å². The van der Waals surface area contributed by atoms with Crippen molar-refractivity contribution in [3.05, 3.63) is 0 Å². The van der Waals surface area contributed by atoms with E-state index in [0.29, 0.717) is 0 Å². The summed E-state index contributed by atoms with van der Waals surface area (Å²) in [6.07, 6.45) is 11.5. The lowest BCUT2D eigenvalue weighted by Crippen LogP contribution is -2.46. The maximum atomic E-state index is 3.99. The van der Waals surface area contributed by atoms with Crippen LogP contribution in [0.15, 0.2) is 0 Å². The number of hydrogen-bond donors (Lipinski definition) is 1. The van der Waals surface area contributed by atoms with Gasteiger partial charge < -0.3 is 5.32 Å². The molecule has 0 bridgehead atoms. The van der Waals surface area contributed by atoms with Crippen LogP contribution in [-0.4, -0.2) is 12.1 Å². The second kappa shape index (κ2) is 6.22. The van der Waals surface area contributed by atoms with Crippen LogP contribution in [0.3, 0.4) is 0 Å². The molecule has 0 radical (unpaired) electrons. The van der Waals surface area contributed by atoms with E-state index in [0.717, 1.165) is 29.8 Å². The summed E-state index contributed by atoms with van der Waals surface area (Å²) in [5, 5.41) is 3.99. The maximum Gasteiger partial charge on any atom is 0.00954 e. The molecule has 5 unspecified atom stereocenters. The Bertz CT molecular complexity index is 226. The molecular weight excluding hydrogens is 206 g/mol. The first-order chi connectivity index (χ1) is 8.19. The van der Waals surface area contributed by atoms with Gasteiger partial charge in [0.2, 0.25) is 0 Å². The van der Waals surface area contributed by atoms with Crippen molar-refractivity contribution in [1.82, 2.24) is 5.32 Å². The topological polar surface area (TPSA) is 12.0 Å². The van der Waals surface area contributed by atoms with E-state index in [1.165, 1.54) is 51.4 Å². The molecule has 1 nitrogen and oxygen atoms in total. The highest BCUT2D eigenvalue weighted by molar-refractivity contribution is 4.86. The molecule has 5 atom stereocenters. The third-order valence-corrected chi connectivity index (χ3v) is 5.24. The second-order valence-electron chi connectivity index (χ2n) is 6.81. The van der Waals surface area contributed by atoms with Crippen molar-refractivity contribution in [2.45, 2.75) is 84.2 Å². The highest BCUT2D eigenvalue weighted by atomic mass is 15.0. The van der Waals surface area contributed by atoms with Gasteiger partial charge in [0.1, 0.15) is 0 Å². The molecule has 2 saturated carbocycles. The quantitative estimate of drug-likeness (QED) is 0.768. The van der Waals surface area contributed by atoms with Crippen LogP contribution in [-0.2, 0) is 0 Å². The van der Waals surface area contributed by atoms with Crippen LogP contribution in [0, 0.1) is 17.8 Å². The number of nitrogens with one attached hydrogen (secondary N) is 1. The first-order valence-electron chi connectivity index (χ1n) is 7.95. The lowest BCUT2D eigenvalue weighted by Gasteiger charge is -2.38. The molecule has 2 rings (SSSR count). The molecular formula is C16H31N. The molecule has 0 spiro atoms. The van der Waals surface area contributed by atoms with Gasteiger partial charge in [-0.15, -0.1) is 0 Å². The summed E-state index contributed by atoms with van der Waals surface area (Å²) in [5.74, 6) is 2.85. The van der Waals surface area contributed by atoms with Gasteiger partial charge in [0, 0.05) is 12.1 Å². The third-order valence-electron chi connectivity index (χ3n) is 5.24. The minimum absolute atomic E-state index is 0.812. The molecule has 0 aromatic heterocycles. The first-order valence-corrected chi connectivity index (χ1v) is 7.95. The van der Waals surface area contributed by atoms with Gasteiger partial charge in [-0.25, -0.2) is 0 Å². The fourth-order valence-corrected chi connectivity index (χ4v) is 4.03. The fourth-order valence-electron chi connectivity index (χ4n) is 4.03. The zero-order valence-electron chi connectivity index (χ0n) is 12.0. The Morgan fingerprint density at radius 3 is 2.53 bits per heavy atom. The second-order valence-corrected chi connectivity index (χ2v) is 6.81. The predicted octanol–water partition coefficient (Wildman–Crippen LogP) is 4.37. The van der Waals surface area contributed by atoms with E-state index in [4.69, 9.17) is 0 Å². The molecule has 0 amide bonds. The lowest BCUT2D eigenvalue weighted by atomic mass is 9.78. The molecule has 2 aliphatic carbocycles. The van der Waals surface area contributed by atoms with Crippen molar-refractivity contribution >= 4 is 0 Å². The molecule has 0 aromatic rings. The Balaban J connectivity index is 1.79. The van der Waals surface area contributed by atoms with Crippen LogP contribution in [0.2, 0.25) is 0 Å². The third kappa shape index (κ3) is 3.71. The molecule has 100 valence electrons. The molecule has 1 N–H and O–H groups in total. The van der Waals surface area contributed by atoms with E-state index >= 15 is 0 Å². The standard InChI is InChI=1S/C16H31N/c1-4-14-6-5-7-15(11-14)17-16-9-8-12(2)10-13(16)3/h12-17H,4-11H2,1-3H3. The van der Waals surface area contributed by atoms with Crippen molar-refractivity contribution in [1.29, 1.82) is 0 Å². The summed E-state index contributed by atoms with van der Waals surface area (Å²) < 4.78 is 0. The average Bonchev–Trinajstić information content (AvgIpc) is 2.33. The molecule has 0 aromatic carbocycles. The van der Waals surface area contributed by atoms with Crippen LogP contribution in [0.4, 0.5) is 0 Å². The van der Waals surface area contributed by atoms with Crippen LogP contribution in [0.25, 0.3) is 0 Å². The number of rotatable bonds is 3. The Hall–Kier alpha value is -0.0400. The van der Waals surface area contributed by atoms with Gasteiger partial charge in [-0.05, 0) is 49.9 Å². The van der Waals surface area contributed by atoms with E-state index in [-0.39, 0.29) is 0 Å². The van der Waals surface area contributed by atoms with Gasteiger partial charge in [-0.1, -0.05) is 40.0 Å². The Kier molecular flexibility index (Phi) is 4.90. The lowest BCUT2D eigenvalue weighted by molar-refractivity contribution is 0.183. The average molecular weight is 237 g/mol. The van der Waals surface area contributed by atoms with E-state index in [2.05, 4.69) is 26.1 Å². The first kappa shape index (κ1) is 13.4. The summed E-state index contributed by atoms with van der Waals surface area (Å²) >= 11 is 0. The highest BCUT2D eigenvalue weighted by Crippen LogP contribution is 2.31. The largest absolute Gasteiger partial charge is 0.311 e. The predicted molar refractivity (Wildman–Crippen MR) is 75.1 cm³/mol. The maximum absolute atomic E-state index is 3.99. The zero-order chi connectivity index (χ0) is 12.3. The molecule has 0 heterocycles. The Morgan fingerprint density at radius 2 is 1.82 bits per heavy atom. The van der Waals surface area contributed by atoms with Gasteiger partial charge in [-0.2, -0.15) is 0 Å². The molecule has 0 saturated heterocycles. The summed E-state index contributed by atoms with van der Waals surface area (Å²) in [7, 11) is 0. The van der Waals surface area contributed by atoms with Gasteiger partial charge in [0.05, 0.1) is 0 Å². The van der Waals surface area contributed by atoms with Crippen molar-refractivity contribution in [2.24, 2.45) is 17.8 Å². The smallest absolute Gasteiger partial charge is 0.00954 e.